The van der Waals surface area contributed by atoms with Crippen LogP contribution >= 0.6 is 11.6 Å². The van der Waals surface area contributed by atoms with Gasteiger partial charge in [-0.3, -0.25) is 4.90 Å². The summed E-state index contributed by atoms with van der Waals surface area (Å²) in [4.78, 5) is 6.06. The van der Waals surface area contributed by atoms with Crippen LogP contribution in [0.3, 0.4) is 0 Å². The summed E-state index contributed by atoms with van der Waals surface area (Å²) in [5.74, 6) is 0.625. The van der Waals surface area contributed by atoms with Crippen LogP contribution in [0.1, 0.15) is 43.6 Å². The molecule has 2 aliphatic heterocycles. The van der Waals surface area contributed by atoms with Gasteiger partial charge < -0.3 is 10.3 Å². The average molecular weight is 318 g/mol. The molecule has 2 atom stereocenters. The third-order valence-electron chi connectivity index (χ3n) is 5.33. The second kappa shape index (κ2) is 6.23. The van der Waals surface area contributed by atoms with Crippen molar-refractivity contribution in [2.75, 3.05) is 19.6 Å². The number of halogens is 1. The van der Waals surface area contributed by atoms with Gasteiger partial charge in [-0.25, -0.2) is 0 Å². The maximum absolute atomic E-state index is 6.20. The summed E-state index contributed by atoms with van der Waals surface area (Å²) in [7, 11) is 0. The van der Waals surface area contributed by atoms with Crippen LogP contribution in [0.2, 0.25) is 5.02 Å². The number of likely N-dealkylation sites (tertiary alicyclic amines) is 1. The number of aromatic amines is 1. The van der Waals surface area contributed by atoms with Gasteiger partial charge >= 0.3 is 0 Å². The van der Waals surface area contributed by atoms with Gasteiger partial charge in [-0.2, -0.15) is 0 Å². The molecule has 2 fully saturated rings. The highest BCUT2D eigenvalue weighted by atomic mass is 35.5. The lowest BCUT2D eigenvalue weighted by molar-refractivity contribution is 0.107. The van der Waals surface area contributed by atoms with Gasteiger partial charge in [0.1, 0.15) is 0 Å². The van der Waals surface area contributed by atoms with E-state index in [0.29, 0.717) is 12.1 Å². The number of hydrogen-bond acceptors (Lipinski definition) is 2. The zero-order valence-corrected chi connectivity index (χ0v) is 13.7. The Morgan fingerprint density at radius 3 is 2.86 bits per heavy atom. The monoisotopic (exact) mass is 317 g/mol. The van der Waals surface area contributed by atoms with E-state index in [2.05, 4.69) is 33.5 Å². The quantitative estimate of drug-likeness (QED) is 0.873. The zero-order valence-electron chi connectivity index (χ0n) is 12.9. The van der Waals surface area contributed by atoms with Gasteiger partial charge in [0.25, 0.3) is 0 Å². The number of H-pyrrole nitrogens is 1. The Labute approximate surface area is 137 Å². The molecule has 1 aromatic carbocycles. The molecular formula is C18H24ClN3. The summed E-state index contributed by atoms with van der Waals surface area (Å²) in [6, 6.07) is 6.16. The van der Waals surface area contributed by atoms with E-state index in [0.717, 1.165) is 11.6 Å². The van der Waals surface area contributed by atoms with Gasteiger partial charge in [-0.15, -0.1) is 0 Å². The molecule has 0 radical (unpaired) electrons. The van der Waals surface area contributed by atoms with Crippen LogP contribution in [0.5, 0.6) is 0 Å². The number of hydrogen-bond donors (Lipinski definition) is 2. The molecule has 3 nitrogen and oxygen atoms in total. The molecule has 2 saturated heterocycles. The SMILES string of the molecule is Clc1ccc2[nH]cc(C3CCNC(N4CCCCC4)C3)c2c1. The molecule has 118 valence electrons. The number of aromatic nitrogens is 1. The maximum atomic E-state index is 6.20. The molecular weight excluding hydrogens is 294 g/mol. The first-order chi connectivity index (χ1) is 10.8. The molecule has 2 N–H and O–H groups in total. The number of rotatable bonds is 2. The molecule has 0 spiro atoms. The lowest BCUT2D eigenvalue weighted by atomic mass is 9.87. The Kier molecular flexibility index (Phi) is 4.12. The van der Waals surface area contributed by atoms with Crippen LogP contribution in [-0.4, -0.2) is 35.7 Å². The number of nitrogens with zero attached hydrogens (tertiary/aromatic N) is 1. The van der Waals surface area contributed by atoms with Crippen LogP contribution < -0.4 is 5.32 Å². The van der Waals surface area contributed by atoms with Crippen molar-refractivity contribution in [3.63, 3.8) is 0 Å². The van der Waals surface area contributed by atoms with Crippen LogP contribution in [0.15, 0.2) is 24.4 Å². The van der Waals surface area contributed by atoms with Crippen molar-refractivity contribution < 1.29 is 0 Å². The fourth-order valence-electron chi connectivity index (χ4n) is 4.14. The van der Waals surface area contributed by atoms with E-state index in [1.54, 1.807) is 0 Å². The normalized spacial score (nSPS) is 27.3. The second-order valence-corrected chi connectivity index (χ2v) is 7.16. The van der Waals surface area contributed by atoms with E-state index >= 15 is 0 Å². The molecule has 4 rings (SSSR count). The summed E-state index contributed by atoms with van der Waals surface area (Å²) in [6.07, 6.45) is 9.27. The summed E-state index contributed by atoms with van der Waals surface area (Å²) in [5, 5.41) is 5.86. The van der Waals surface area contributed by atoms with Gasteiger partial charge in [-0.05, 0) is 75.0 Å². The first-order valence-electron chi connectivity index (χ1n) is 8.55. The minimum absolute atomic E-state index is 0.545. The third kappa shape index (κ3) is 2.78. The molecule has 2 aromatic rings. The average Bonchev–Trinajstić information content (AvgIpc) is 2.99. The van der Waals surface area contributed by atoms with Crippen molar-refractivity contribution in [3.05, 3.63) is 35.0 Å². The van der Waals surface area contributed by atoms with Crippen LogP contribution in [0, 0.1) is 0 Å². The van der Waals surface area contributed by atoms with E-state index in [4.69, 9.17) is 11.6 Å². The van der Waals surface area contributed by atoms with Crippen molar-refractivity contribution >= 4 is 22.5 Å². The molecule has 4 heteroatoms. The van der Waals surface area contributed by atoms with Gasteiger partial charge in [0.15, 0.2) is 0 Å². The Morgan fingerprint density at radius 2 is 2.00 bits per heavy atom. The molecule has 0 aliphatic carbocycles. The molecule has 2 unspecified atom stereocenters. The zero-order chi connectivity index (χ0) is 14.9. The van der Waals surface area contributed by atoms with Crippen LogP contribution in [-0.2, 0) is 0 Å². The fraction of sp³-hybridized carbons (Fsp3) is 0.556. The largest absolute Gasteiger partial charge is 0.361 e. The van der Waals surface area contributed by atoms with E-state index in [-0.39, 0.29) is 0 Å². The molecule has 0 bridgehead atoms. The first kappa shape index (κ1) is 14.6. The Morgan fingerprint density at radius 1 is 1.14 bits per heavy atom. The second-order valence-electron chi connectivity index (χ2n) is 6.72. The van der Waals surface area contributed by atoms with Crippen molar-refractivity contribution in [1.29, 1.82) is 0 Å². The minimum atomic E-state index is 0.545. The van der Waals surface area contributed by atoms with Crippen molar-refractivity contribution in [2.45, 2.75) is 44.2 Å². The number of nitrogens with one attached hydrogen (secondary N) is 2. The summed E-state index contributed by atoms with van der Waals surface area (Å²) in [5.41, 5.74) is 2.65. The Balaban J connectivity index is 1.57. The third-order valence-corrected chi connectivity index (χ3v) is 5.56. The fourth-order valence-corrected chi connectivity index (χ4v) is 4.31. The van der Waals surface area contributed by atoms with Crippen molar-refractivity contribution in [1.82, 2.24) is 15.2 Å². The van der Waals surface area contributed by atoms with E-state index in [1.165, 1.54) is 61.7 Å². The van der Waals surface area contributed by atoms with Crippen molar-refractivity contribution in [3.8, 4) is 0 Å². The highest BCUT2D eigenvalue weighted by Crippen LogP contribution is 2.35. The van der Waals surface area contributed by atoms with E-state index in [9.17, 15) is 0 Å². The topological polar surface area (TPSA) is 31.1 Å². The smallest absolute Gasteiger partial charge is 0.0602 e. The predicted molar refractivity (Wildman–Crippen MR) is 92.5 cm³/mol. The minimum Gasteiger partial charge on any atom is -0.361 e. The lowest BCUT2D eigenvalue weighted by Gasteiger charge is -2.40. The Hall–Kier alpha value is -1.03. The van der Waals surface area contributed by atoms with E-state index in [1.807, 2.05) is 6.07 Å². The lowest BCUT2D eigenvalue weighted by Crippen LogP contribution is -2.51. The van der Waals surface area contributed by atoms with Crippen molar-refractivity contribution in [2.24, 2.45) is 0 Å². The molecule has 22 heavy (non-hydrogen) atoms. The highest BCUT2D eigenvalue weighted by Gasteiger charge is 2.29. The van der Waals surface area contributed by atoms with Crippen LogP contribution in [0.4, 0.5) is 0 Å². The van der Waals surface area contributed by atoms with Gasteiger partial charge in [0, 0.05) is 22.1 Å². The molecule has 3 heterocycles. The highest BCUT2D eigenvalue weighted by molar-refractivity contribution is 6.31. The molecule has 0 saturated carbocycles. The predicted octanol–water partition coefficient (Wildman–Crippen LogP) is 4.10. The Bertz CT molecular complexity index is 645. The number of benzene rings is 1. The maximum Gasteiger partial charge on any atom is 0.0602 e. The standard InChI is InChI=1S/C18H24ClN3/c19-14-4-5-17-15(11-14)16(12-21-17)13-6-7-20-18(10-13)22-8-2-1-3-9-22/h4-5,11-13,18,20-21H,1-3,6-10H2. The summed E-state index contributed by atoms with van der Waals surface area (Å²) < 4.78 is 0. The summed E-state index contributed by atoms with van der Waals surface area (Å²) >= 11 is 6.20. The number of piperidine rings is 2. The summed E-state index contributed by atoms with van der Waals surface area (Å²) in [6.45, 7) is 3.62. The number of fused-ring (bicyclic) bond motifs is 1. The molecule has 0 amide bonds. The van der Waals surface area contributed by atoms with Crippen LogP contribution in [0.25, 0.3) is 10.9 Å². The van der Waals surface area contributed by atoms with Gasteiger partial charge in [-0.1, -0.05) is 18.0 Å². The van der Waals surface area contributed by atoms with Gasteiger partial charge in [0.05, 0.1) is 6.17 Å². The molecule has 1 aromatic heterocycles. The molecule has 2 aliphatic rings. The first-order valence-corrected chi connectivity index (χ1v) is 8.93. The van der Waals surface area contributed by atoms with E-state index < -0.39 is 0 Å². The van der Waals surface area contributed by atoms with Gasteiger partial charge in [0.2, 0.25) is 0 Å².